The molecular formula is C23H17NO3S. The van der Waals surface area contributed by atoms with Gasteiger partial charge in [0.1, 0.15) is 0 Å². The van der Waals surface area contributed by atoms with Crippen LogP contribution in [0.2, 0.25) is 0 Å². The van der Waals surface area contributed by atoms with E-state index in [-0.39, 0.29) is 17.5 Å². The first kappa shape index (κ1) is 18.2. The molecule has 0 unspecified atom stereocenters. The Balaban J connectivity index is 1.60. The van der Waals surface area contributed by atoms with Crippen molar-refractivity contribution < 1.29 is 14.4 Å². The molecule has 0 heterocycles. The molecule has 4 nitrogen and oxygen atoms in total. The van der Waals surface area contributed by atoms with E-state index >= 15 is 0 Å². The Morgan fingerprint density at radius 1 is 0.821 bits per heavy atom. The fourth-order valence-electron chi connectivity index (χ4n) is 3.25. The number of benzene rings is 3. The summed E-state index contributed by atoms with van der Waals surface area (Å²) in [5.74, 6) is 0.327. The summed E-state index contributed by atoms with van der Waals surface area (Å²) in [6, 6.07) is 19.0. The molecule has 3 aromatic rings. The molecule has 0 aromatic heterocycles. The highest BCUT2D eigenvalue weighted by molar-refractivity contribution is 7.99. The van der Waals surface area contributed by atoms with Crippen LogP contribution in [0.4, 0.5) is 5.69 Å². The van der Waals surface area contributed by atoms with E-state index in [2.05, 4.69) is 12.2 Å². The van der Waals surface area contributed by atoms with E-state index in [0.717, 1.165) is 10.6 Å². The number of nitrogens with one attached hydrogen (secondary N) is 1. The van der Waals surface area contributed by atoms with E-state index in [1.807, 2.05) is 12.1 Å². The standard InChI is InChI=1S/C23H17NO3S/c1-2-28-16-10-7-14(8-11-16)23(27)24-15-9-12-19-20(13-15)22(26)18-6-4-3-5-17(18)21(19)25/h3-13H,2H2,1H3,(H,24,27). The van der Waals surface area contributed by atoms with Crippen molar-refractivity contribution in [1.29, 1.82) is 0 Å². The Morgan fingerprint density at radius 2 is 1.43 bits per heavy atom. The first-order chi connectivity index (χ1) is 13.6. The minimum absolute atomic E-state index is 0.174. The van der Waals surface area contributed by atoms with Gasteiger partial charge in [-0.2, -0.15) is 0 Å². The van der Waals surface area contributed by atoms with Crippen LogP contribution in [0, 0.1) is 0 Å². The summed E-state index contributed by atoms with van der Waals surface area (Å²) in [7, 11) is 0. The van der Waals surface area contributed by atoms with Crippen LogP contribution in [0.25, 0.3) is 0 Å². The lowest BCUT2D eigenvalue weighted by atomic mass is 9.84. The smallest absolute Gasteiger partial charge is 0.255 e. The Bertz CT molecular complexity index is 1100. The van der Waals surface area contributed by atoms with Crippen molar-refractivity contribution >= 4 is 34.9 Å². The van der Waals surface area contributed by atoms with E-state index in [4.69, 9.17) is 0 Å². The molecule has 0 radical (unpaired) electrons. The summed E-state index contributed by atoms with van der Waals surface area (Å²) in [5, 5.41) is 2.81. The number of fused-ring (bicyclic) bond motifs is 2. The van der Waals surface area contributed by atoms with Gasteiger partial charge in [-0.3, -0.25) is 14.4 Å². The van der Waals surface area contributed by atoms with E-state index in [0.29, 0.717) is 33.5 Å². The molecule has 0 spiro atoms. The van der Waals surface area contributed by atoms with Crippen molar-refractivity contribution in [2.24, 2.45) is 0 Å². The first-order valence-electron chi connectivity index (χ1n) is 8.95. The zero-order valence-corrected chi connectivity index (χ0v) is 16.0. The zero-order chi connectivity index (χ0) is 19.7. The van der Waals surface area contributed by atoms with Crippen molar-refractivity contribution in [3.05, 3.63) is 94.5 Å². The quantitative estimate of drug-likeness (QED) is 0.510. The van der Waals surface area contributed by atoms with Gasteiger partial charge in [0.05, 0.1) is 0 Å². The highest BCUT2D eigenvalue weighted by Crippen LogP contribution is 2.29. The maximum Gasteiger partial charge on any atom is 0.255 e. The highest BCUT2D eigenvalue weighted by Gasteiger charge is 2.29. The molecule has 28 heavy (non-hydrogen) atoms. The fraction of sp³-hybridized carbons (Fsp3) is 0.0870. The lowest BCUT2D eigenvalue weighted by Crippen LogP contribution is -2.21. The van der Waals surface area contributed by atoms with Gasteiger partial charge in [-0.25, -0.2) is 0 Å². The van der Waals surface area contributed by atoms with E-state index < -0.39 is 0 Å². The van der Waals surface area contributed by atoms with E-state index in [1.165, 1.54) is 0 Å². The number of amides is 1. The second-order valence-electron chi connectivity index (χ2n) is 6.38. The summed E-state index contributed by atoms with van der Waals surface area (Å²) in [6.45, 7) is 2.08. The van der Waals surface area contributed by atoms with Gasteiger partial charge < -0.3 is 5.32 Å². The normalized spacial score (nSPS) is 12.3. The Kier molecular flexibility index (Phi) is 4.84. The molecule has 1 N–H and O–H groups in total. The molecule has 0 bridgehead atoms. The number of carbonyl (C=O) groups excluding carboxylic acids is 3. The Hall–Kier alpha value is -3.18. The van der Waals surface area contributed by atoms with Crippen molar-refractivity contribution in [1.82, 2.24) is 0 Å². The third-order valence-electron chi connectivity index (χ3n) is 4.61. The highest BCUT2D eigenvalue weighted by atomic mass is 32.2. The van der Waals surface area contributed by atoms with Gasteiger partial charge in [0, 0.05) is 38.4 Å². The van der Waals surface area contributed by atoms with Crippen molar-refractivity contribution in [3.8, 4) is 0 Å². The molecule has 0 fully saturated rings. The van der Waals surface area contributed by atoms with Gasteiger partial charge in [0.15, 0.2) is 11.6 Å². The van der Waals surface area contributed by atoms with Gasteiger partial charge in [0.25, 0.3) is 5.91 Å². The van der Waals surface area contributed by atoms with Crippen LogP contribution in [0.15, 0.2) is 71.6 Å². The number of ketones is 2. The monoisotopic (exact) mass is 387 g/mol. The number of hydrogen-bond donors (Lipinski definition) is 1. The van der Waals surface area contributed by atoms with E-state index in [9.17, 15) is 14.4 Å². The van der Waals surface area contributed by atoms with Crippen LogP contribution in [0.1, 0.15) is 49.1 Å². The molecule has 0 saturated heterocycles. The SMILES string of the molecule is CCSc1ccc(C(=O)Nc2ccc3c(c2)C(=O)c2ccccc2C3=O)cc1. The molecule has 0 saturated carbocycles. The predicted octanol–water partition coefficient (Wildman–Crippen LogP) is 4.83. The van der Waals surface area contributed by atoms with Gasteiger partial charge >= 0.3 is 0 Å². The second-order valence-corrected chi connectivity index (χ2v) is 7.71. The van der Waals surface area contributed by atoms with E-state index in [1.54, 1.807) is 66.4 Å². The van der Waals surface area contributed by atoms with Crippen molar-refractivity contribution in [2.75, 3.05) is 11.1 Å². The summed E-state index contributed by atoms with van der Waals surface area (Å²) in [4.78, 5) is 39.1. The maximum atomic E-state index is 12.8. The summed E-state index contributed by atoms with van der Waals surface area (Å²) < 4.78 is 0. The first-order valence-corrected chi connectivity index (χ1v) is 9.93. The minimum atomic E-state index is -0.261. The predicted molar refractivity (Wildman–Crippen MR) is 111 cm³/mol. The van der Waals surface area contributed by atoms with Crippen LogP contribution in [0.3, 0.4) is 0 Å². The molecule has 1 aliphatic carbocycles. The number of anilines is 1. The lowest BCUT2D eigenvalue weighted by Gasteiger charge is -2.18. The molecule has 3 aromatic carbocycles. The molecule has 1 amide bonds. The second kappa shape index (κ2) is 7.44. The number of hydrogen-bond acceptors (Lipinski definition) is 4. The van der Waals surface area contributed by atoms with Crippen molar-refractivity contribution in [2.45, 2.75) is 11.8 Å². The zero-order valence-electron chi connectivity index (χ0n) is 15.2. The van der Waals surface area contributed by atoms with Crippen LogP contribution in [-0.2, 0) is 0 Å². The summed E-state index contributed by atoms with van der Waals surface area (Å²) >= 11 is 1.71. The van der Waals surface area contributed by atoms with Gasteiger partial charge in [-0.05, 0) is 48.2 Å². The molecule has 0 atom stereocenters. The molecular weight excluding hydrogens is 370 g/mol. The average Bonchev–Trinajstić information content (AvgIpc) is 2.73. The summed E-state index contributed by atoms with van der Waals surface area (Å²) in [6.07, 6.45) is 0. The molecule has 138 valence electrons. The molecule has 4 rings (SSSR count). The van der Waals surface area contributed by atoms with Gasteiger partial charge in [-0.1, -0.05) is 31.2 Å². The largest absolute Gasteiger partial charge is 0.322 e. The molecule has 1 aliphatic rings. The lowest BCUT2D eigenvalue weighted by molar-refractivity contribution is 0.0979. The van der Waals surface area contributed by atoms with Crippen LogP contribution < -0.4 is 5.32 Å². The van der Waals surface area contributed by atoms with Crippen LogP contribution >= 0.6 is 11.8 Å². The van der Waals surface area contributed by atoms with Gasteiger partial charge in [0.2, 0.25) is 0 Å². The number of rotatable bonds is 4. The Labute approximate surface area is 167 Å². The minimum Gasteiger partial charge on any atom is -0.322 e. The van der Waals surface area contributed by atoms with Crippen LogP contribution in [0.5, 0.6) is 0 Å². The Morgan fingerprint density at radius 3 is 2.07 bits per heavy atom. The van der Waals surface area contributed by atoms with Crippen molar-refractivity contribution in [3.63, 3.8) is 0 Å². The maximum absolute atomic E-state index is 12.8. The molecule has 5 heteroatoms. The van der Waals surface area contributed by atoms with Crippen LogP contribution in [-0.4, -0.2) is 23.2 Å². The topological polar surface area (TPSA) is 63.2 Å². The third kappa shape index (κ3) is 3.25. The third-order valence-corrected chi connectivity index (χ3v) is 5.50. The average molecular weight is 387 g/mol. The molecule has 0 aliphatic heterocycles. The number of carbonyl (C=O) groups is 3. The van der Waals surface area contributed by atoms with Gasteiger partial charge in [-0.15, -0.1) is 11.8 Å². The summed E-state index contributed by atoms with van der Waals surface area (Å²) in [5.41, 5.74) is 2.51. The fourth-order valence-corrected chi connectivity index (χ4v) is 3.91. The number of thioether (sulfide) groups is 1.